The Bertz CT molecular complexity index is 1560. The van der Waals surface area contributed by atoms with E-state index in [-0.39, 0.29) is 40.2 Å². The number of nitro groups is 1. The van der Waals surface area contributed by atoms with Crippen molar-refractivity contribution in [3.8, 4) is 11.8 Å². The molecule has 0 spiro atoms. The van der Waals surface area contributed by atoms with E-state index in [9.17, 15) is 20.2 Å². The summed E-state index contributed by atoms with van der Waals surface area (Å²) in [6.45, 7) is 2.40. The molecule has 0 fully saturated rings. The number of nitrogens with zero attached hydrogens (tertiary/aromatic N) is 3. The van der Waals surface area contributed by atoms with E-state index in [1.165, 1.54) is 12.1 Å². The molecule has 3 aromatic rings. The average Bonchev–Trinajstić information content (AvgIpc) is 2.94. The van der Waals surface area contributed by atoms with Gasteiger partial charge in [0.2, 0.25) is 0 Å². The molecule has 5 rings (SSSR count). The van der Waals surface area contributed by atoms with Crippen molar-refractivity contribution >= 4 is 28.8 Å². The smallest absolute Gasteiger partial charge is 0.289 e. The summed E-state index contributed by atoms with van der Waals surface area (Å²) in [5.41, 5.74) is 9.77. The predicted octanol–water partition coefficient (Wildman–Crippen LogP) is 6.35. The largest absolute Gasteiger partial charge is 0.494 e. The van der Waals surface area contributed by atoms with Gasteiger partial charge in [-0.1, -0.05) is 54.1 Å². The molecular weight excluding hydrogens is 516 g/mol. The highest BCUT2D eigenvalue weighted by atomic mass is 35.5. The van der Waals surface area contributed by atoms with Crippen molar-refractivity contribution in [3.05, 3.63) is 122 Å². The van der Waals surface area contributed by atoms with Crippen LogP contribution in [0.3, 0.4) is 0 Å². The highest BCUT2D eigenvalue weighted by Gasteiger charge is 2.43. The molecule has 0 saturated carbocycles. The zero-order valence-electron chi connectivity index (χ0n) is 21.1. The van der Waals surface area contributed by atoms with Gasteiger partial charge in [0.1, 0.15) is 16.6 Å². The molecule has 0 aromatic heterocycles. The standard InChI is InChI=1S/C30H25ClN4O4/c1-2-39-22-11-8-19(9-12-22)28-23(17-32)30(33)34(21-10-13-24(31)25(16-21)35(37)38)26-14-20(15-27(36)29(26)28)18-6-4-3-5-7-18/h3-13,16,20,28H,2,14-15,33H2,1H3/t20-,28-/m1/s1. The Kier molecular flexibility index (Phi) is 7.09. The first-order chi connectivity index (χ1) is 18.8. The molecule has 0 amide bonds. The molecule has 39 heavy (non-hydrogen) atoms. The Balaban J connectivity index is 1.72. The molecular formula is C30H25ClN4O4. The number of carbonyl (C=O) groups excluding carboxylic acids is 1. The third-order valence-corrected chi connectivity index (χ3v) is 7.47. The molecule has 1 heterocycles. The van der Waals surface area contributed by atoms with Gasteiger partial charge in [0.25, 0.3) is 5.69 Å². The molecule has 1 aliphatic heterocycles. The van der Waals surface area contributed by atoms with Gasteiger partial charge in [-0.05, 0) is 54.7 Å². The normalized spacial score (nSPS) is 19.0. The minimum atomic E-state index is -0.677. The summed E-state index contributed by atoms with van der Waals surface area (Å²) < 4.78 is 5.57. The third kappa shape index (κ3) is 4.73. The van der Waals surface area contributed by atoms with Crippen molar-refractivity contribution in [1.29, 1.82) is 5.26 Å². The van der Waals surface area contributed by atoms with Gasteiger partial charge in [-0.15, -0.1) is 0 Å². The number of allylic oxidation sites excluding steroid dienone is 3. The maximum absolute atomic E-state index is 13.9. The molecule has 2 N–H and O–H groups in total. The second kappa shape index (κ2) is 10.6. The van der Waals surface area contributed by atoms with Crippen molar-refractivity contribution < 1.29 is 14.5 Å². The van der Waals surface area contributed by atoms with Crippen LogP contribution in [0.25, 0.3) is 0 Å². The summed E-state index contributed by atoms with van der Waals surface area (Å²) in [5.74, 6) is -0.106. The number of nitrogens with two attached hydrogens (primary N) is 1. The molecule has 0 saturated heterocycles. The summed E-state index contributed by atoms with van der Waals surface area (Å²) in [7, 11) is 0. The van der Waals surface area contributed by atoms with Crippen molar-refractivity contribution in [2.75, 3.05) is 11.5 Å². The maximum Gasteiger partial charge on any atom is 0.289 e. The quantitative estimate of drug-likeness (QED) is 0.285. The van der Waals surface area contributed by atoms with Crippen LogP contribution in [0.1, 0.15) is 42.7 Å². The third-order valence-electron chi connectivity index (χ3n) is 7.15. The predicted molar refractivity (Wildman–Crippen MR) is 148 cm³/mol. The van der Waals surface area contributed by atoms with Gasteiger partial charge in [-0.3, -0.25) is 19.8 Å². The number of ketones is 1. The van der Waals surface area contributed by atoms with Crippen LogP contribution in [-0.4, -0.2) is 17.3 Å². The Hall–Kier alpha value is -4.61. The van der Waals surface area contributed by atoms with Crippen LogP contribution in [0.15, 0.2) is 95.5 Å². The van der Waals surface area contributed by atoms with Crippen LogP contribution in [0.5, 0.6) is 5.75 Å². The number of nitriles is 1. The van der Waals surface area contributed by atoms with Crippen LogP contribution in [0.2, 0.25) is 5.02 Å². The number of anilines is 1. The lowest BCUT2D eigenvalue weighted by molar-refractivity contribution is -0.384. The molecule has 0 bridgehead atoms. The molecule has 3 aromatic carbocycles. The van der Waals surface area contributed by atoms with E-state index >= 15 is 0 Å². The fourth-order valence-electron chi connectivity index (χ4n) is 5.42. The molecule has 0 radical (unpaired) electrons. The molecule has 9 heteroatoms. The van der Waals surface area contributed by atoms with Crippen LogP contribution >= 0.6 is 11.6 Å². The van der Waals surface area contributed by atoms with Gasteiger partial charge < -0.3 is 10.5 Å². The van der Waals surface area contributed by atoms with E-state index in [0.29, 0.717) is 35.7 Å². The number of rotatable bonds is 6. The summed E-state index contributed by atoms with van der Waals surface area (Å²) in [6.07, 6.45) is 0.720. The van der Waals surface area contributed by atoms with Crippen LogP contribution in [-0.2, 0) is 4.79 Å². The highest BCUT2D eigenvalue weighted by molar-refractivity contribution is 6.32. The molecule has 0 unspecified atom stereocenters. The second-order valence-corrected chi connectivity index (χ2v) is 9.78. The molecule has 196 valence electrons. The van der Waals surface area contributed by atoms with Crippen LogP contribution in [0.4, 0.5) is 11.4 Å². The van der Waals surface area contributed by atoms with E-state index in [2.05, 4.69) is 6.07 Å². The molecule has 2 aliphatic rings. The van der Waals surface area contributed by atoms with Gasteiger partial charge in [0, 0.05) is 23.8 Å². The van der Waals surface area contributed by atoms with Crippen molar-refractivity contribution in [2.24, 2.45) is 5.73 Å². The van der Waals surface area contributed by atoms with Crippen molar-refractivity contribution in [2.45, 2.75) is 31.6 Å². The number of hydrogen-bond acceptors (Lipinski definition) is 7. The van der Waals surface area contributed by atoms with Gasteiger partial charge in [0.05, 0.1) is 34.8 Å². The monoisotopic (exact) mass is 540 g/mol. The van der Waals surface area contributed by atoms with E-state index < -0.39 is 10.8 Å². The Morgan fingerprint density at radius 2 is 1.82 bits per heavy atom. The van der Waals surface area contributed by atoms with Gasteiger partial charge >= 0.3 is 0 Å². The summed E-state index contributed by atoms with van der Waals surface area (Å²) in [6, 6.07) is 23.6. The Morgan fingerprint density at radius 1 is 1.10 bits per heavy atom. The lowest BCUT2D eigenvalue weighted by atomic mass is 9.72. The van der Waals surface area contributed by atoms with E-state index in [1.807, 2.05) is 49.4 Å². The number of hydrogen-bond donors (Lipinski definition) is 1. The fourth-order valence-corrected chi connectivity index (χ4v) is 5.61. The first-order valence-corrected chi connectivity index (χ1v) is 12.9. The summed E-state index contributed by atoms with van der Waals surface area (Å²) in [5, 5.41) is 21.9. The number of benzene rings is 3. The highest BCUT2D eigenvalue weighted by Crippen LogP contribution is 2.49. The molecule has 2 atom stereocenters. The summed E-state index contributed by atoms with van der Waals surface area (Å²) in [4.78, 5) is 26.6. The molecule has 8 nitrogen and oxygen atoms in total. The minimum Gasteiger partial charge on any atom is -0.494 e. The number of ether oxygens (including phenoxy) is 1. The number of carbonyl (C=O) groups is 1. The zero-order valence-corrected chi connectivity index (χ0v) is 21.9. The number of nitro benzene ring substituents is 1. The van der Waals surface area contributed by atoms with E-state index in [0.717, 1.165) is 11.1 Å². The maximum atomic E-state index is 13.9. The average molecular weight is 541 g/mol. The van der Waals surface area contributed by atoms with Crippen LogP contribution in [0, 0.1) is 21.4 Å². The number of Topliss-reactive ketones (excluding diaryl/α,β-unsaturated/α-hetero) is 1. The zero-order chi connectivity index (χ0) is 27.7. The lowest BCUT2D eigenvalue weighted by Crippen LogP contribution is -2.40. The van der Waals surface area contributed by atoms with Gasteiger partial charge in [-0.2, -0.15) is 5.26 Å². The first-order valence-electron chi connectivity index (χ1n) is 12.5. The lowest BCUT2D eigenvalue weighted by Gasteiger charge is -2.41. The molecule has 1 aliphatic carbocycles. The van der Waals surface area contributed by atoms with E-state index in [4.69, 9.17) is 22.1 Å². The first kappa shape index (κ1) is 26.0. The Labute approximate surface area is 230 Å². The number of halogens is 1. The Morgan fingerprint density at radius 3 is 2.46 bits per heavy atom. The van der Waals surface area contributed by atoms with Crippen molar-refractivity contribution in [1.82, 2.24) is 0 Å². The second-order valence-electron chi connectivity index (χ2n) is 9.37. The fraction of sp³-hybridized carbons (Fsp3) is 0.200. The summed E-state index contributed by atoms with van der Waals surface area (Å²) >= 11 is 6.09. The van der Waals surface area contributed by atoms with Crippen molar-refractivity contribution in [3.63, 3.8) is 0 Å². The SMILES string of the molecule is CCOc1ccc([C@@H]2C(C#N)=C(N)N(c3ccc(Cl)c([N+](=O)[O-])c3)C3=C2C(=O)C[C@H](c2ccccc2)C3)cc1. The topological polar surface area (TPSA) is 122 Å². The van der Waals surface area contributed by atoms with Gasteiger partial charge in [-0.25, -0.2) is 0 Å². The van der Waals surface area contributed by atoms with E-state index in [1.54, 1.807) is 23.1 Å². The minimum absolute atomic E-state index is 0.0211. The van der Waals surface area contributed by atoms with Crippen LogP contribution < -0.4 is 15.4 Å². The van der Waals surface area contributed by atoms with Gasteiger partial charge in [0.15, 0.2) is 5.78 Å².